The number of carbonyl (C=O) groups is 2. The first-order valence-electron chi connectivity index (χ1n) is 9.18. The molecule has 2 aromatic rings. The summed E-state index contributed by atoms with van der Waals surface area (Å²) < 4.78 is 62.9. The monoisotopic (exact) mass is 455 g/mol. The number of amidine groups is 1. The number of hydrogen-bond acceptors (Lipinski definition) is 7. The van der Waals surface area contributed by atoms with Crippen molar-refractivity contribution < 1.29 is 41.4 Å². The van der Waals surface area contributed by atoms with Crippen molar-refractivity contribution in [3.63, 3.8) is 0 Å². The number of halogens is 3. The summed E-state index contributed by atoms with van der Waals surface area (Å²) in [5.74, 6) is -2.40. The number of furan rings is 1. The number of alkyl halides is 3. The summed E-state index contributed by atoms with van der Waals surface area (Å²) in [6.07, 6.45) is -3.90. The number of hydrogen-bond donors (Lipinski definition) is 1. The number of amides is 2. The summed E-state index contributed by atoms with van der Waals surface area (Å²) in [5, 5.41) is 1.75. The van der Waals surface area contributed by atoms with Crippen LogP contribution < -0.4 is 19.5 Å². The predicted octanol–water partition coefficient (Wildman–Crippen LogP) is 2.75. The summed E-state index contributed by atoms with van der Waals surface area (Å²) in [6.45, 7) is 0.957. The summed E-state index contributed by atoms with van der Waals surface area (Å²) in [5.41, 5.74) is -3.76. The Morgan fingerprint density at radius 1 is 1.19 bits per heavy atom. The molecule has 1 aliphatic heterocycles. The molecule has 1 aromatic heterocycles. The molecule has 1 unspecified atom stereocenters. The van der Waals surface area contributed by atoms with Crippen LogP contribution in [0.3, 0.4) is 0 Å². The number of nitrogens with one attached hydrogen (secondary N) is 1. The van der Waals surface area contributed by atoms with Gasteiger partial charge in [0.05, 0.1) is 34.1 Å². The van der Waals surface area contributed by atoms with Crippen LogP contribution >= 0.6 is 0 Å². The highest BCUT2D eigenvalue weighted by Crippen LogP contribution is 2.40. The molecule has 1 aromatic carbocycles. The smallest absolute Gasteiger partial charge is 0.442 e. The van der Waals surface area contributed by atoms with Crippen molar-refractivity contribution in [1.29, 1.82) is 0 Å². The highest BCUT2D eigenvalue weighted by atomic mass is 19.4. The molecule has 0 saturated carbocycles. The number of nitrogens with zero attached hydrogens (tertiary/aromatic N) is 2. The van der Waals surface area contributed by atoms with E-state index in [2.05, 4.69) is 4.99 Å². The van der Waals surface area contributed by atoms with Crippen molar-refractivity contribution in [2.75, 3.05) is 21.3 Å². The maximum atomic E-state index is 14.1. The maximum absolute atomic E-state index is 14.1. The molecule has 12 heteroatoms. The minimum Gasteiger partial charge on any atom is -0.493 e. The minimum atomic E-state index is -5.22. The summed E-state index contributed by atoms with van der Waals surface area (Å²) >= 11 is 0. The molecule has 0 aliphatic carbocycles. The maximum Gasteiger partial charge on any atom is 0.442 e. The zero-order chi connectivity index (χ0) is 23.7. The van der Waals surface area contributed by atoms with E-state index in [9.17, 15) is 22.8 Å². The van der Waals surface area contributed by atoms with Gasteiger partial charge in [0.15, 0.2) is 11.5 Å². The van der Waals surface area contributed by atoms with Gasteiger partial charge in [-0.2, -0.15) is 13.2 Å². The fraction of sp³-hybridized carbons (Fsp3) is 0.350. The molecule has 172 valence electrons. The van der Waals surface area contributed by atoms with E-state index < -0.39 is 23.7 Å². The van der Waals surface area contributed by atoms with E-state index in [1.165, 1.54) is 46.6 Å². The van der Waals surface area contributed by atoms with Crippen LogP contribution in [0.4, 0.5) is 13.2 Å². The molecule has 1 N–H and O–H groups in total. The molecular formula is C20H20F3N3O6. The average Bonchev–Trinajstić information content (AvgIpc) is 3.35. The standard InChI is InChI=1S/C20H20F3N3O6/c1-11-24-19(20(21,22)23,18(28)26(11)10-13-6-5-7-32-13)25-17(27)12-8-14(29-2)16(31-4)15(9-12)30-3/h5-9H,10H2,1-4H3,(H,25,27). The molecule has 2 heterocycles. The number of carbonyl (C=O) groups excluding carboxylic acids is 2. The molecule has 0 saturated heterocycles. The Hall–Kier alpha value is -3.70. The fourth-order valence-corrected chi connectivity index (χ4v) is 3.22. The average molecular weight is 455 g/mol. The van der Waals surface area contributed by atoms with Crippen LogP contribution in [0.15, 0.2) is 39.9 Å². The normalized spacial score (nSPS) is 18.4. The van der Waals surface area contributed by atoms with Crippen molar-refractivity contribution in [2.24, 2.45) is 4.99 Å². The fourth-order valence-electron chi connectivity index (χ4n) is 3.22. The molecule has 9 nitrogen and oxygen atoms in total. The molecule has 3 rings (SSSR count). The number of benzene rings is 1. The van der Waals surface area contributed by atoms with E-state index in [4.69, 9.17) is 18.6 Å². The topological polar surface area (TPSA) is 103 Å². The van der Waals surface area contributed by atoms with Gasteiger partial charge < -0.3 is 23.9 Å². The highest BCUT2D eigenvalue weighted by molar-refractivity contribution is 6.10. The van der Waals surface area contributed by atoms with Gasteiger partial charge in [-0.1, -0.05) is 0 Å². The third-order valence-corrected chi connectivity index (χ3v) is 4.80. The lowest BCUT2D eigenvalue weighted by atomic mass is 10.1. The second-order valence-electron chi connectivity index (χ2n) is 6.71. The van der Waals surface area contributed by atoms with Crippen LogP contribution in [0, 0.1) is 0 Å². The number of rotatable bonds is 7. The molecule has 1 aliphatic rings. The van der Waals surface area contributed by atoms with E-state index in [1.807, 2.05) is 0 Å². The third kappa shape index (κ3) is 3.83. The van der Waals surface area contributed by atoms with Gasteiger partial charge in [-0.15, -0.1) is 0 Å². The number of ether oxygens (including phenoxy) is 3. The van der Waals surface area contributed by atoms with Crippen molar-refractivity contribution >= 4 is 17.6 Å². The van der Waals surface area contributed by atoms with Gasteiger partial charge >= 0.3 is 11.8 Å². The first kappa shape index (κ1) is 23.0. The first-order valence-corrected chi connectivity index (χ1v) is 9.18. The Morgan fingerprint density at radius 3 is 2.28 bits per heavy atom. The Bertz CT molecular complexity index is 1030. The van der Waals surface area contributed by atoms with E-state index in [-0.39, 0.29) is 41.0 Å². The summed E-state index contributed by atoms with van der Waals surface area (Å²) in [4.78, 5) is 30.1. The third-order valence-electron chi connectivity index (χ3n) is 4.80. The lowest BCUT2D eigenvalue weighted by Crippen LogP contribution is -2.63. The van der Waals surface area contributed by atoms with Crippen molar-refractivity contribution in [1.82, 2.24) is 10.2 Å². The van der Waals surface area contributed by atoms with Gasteiger partial charge in [-0.3, -0.25) is 14.5 Å². The summed E-state index contributed by atoms with van der Waals surface area (Å²) in [7, 11) is 3.91. The Labute approximate surface area is 180 Å². The molecular weight excluding hydrogens is 435 g/mol. The van der Waals surface area contributed by atoms with E-state index in [0.29, 0.717) is 0 Å². The van der Waals surface area contributed by atoms with Crippen molar-refractivity contribution in [3.8, 4) is 17.2 Å². The molecule has 0 bridgehead atoms. The number of methoxy groups -OCH3 is 3. The van der Waals surface area contributed by atoms with Crippen LogP contribution in [0.5, 0.6) is 17.2 Å². The van der Waals surface area contributed by atoms with Crippen LogP contribution in [0.2, 0.25) is 0 Å². The van der Waals surface area contributed by atoms with Crippen LogP contribution in [0.1, 0.15) is 23.0 Å². The van der Waals surface area contributed by atoms with E-state index in [1.54, 1.807) is 5.32 Å². The van der Waals surface area contributed by atoms with E-state index >= 15 is 0 Å². The molecule has 32 heavy (non-hydrogen) atoms. The zero-order valence-electron chi connectivity index (χ0n) is 17.6. The molecule has 0 fully saturated rings. The van der Waals surface area contributed by atoms with Crippen molar-refractivity contribution in [3.05, 3.63) is 41.9 Å². The van der Waals surface area contributed by atoms with Crippen LogP contribution in [-0.2, 0) is 11.3 Å². The second kappa shape index (κ2) is 8.44. The Balaban J connectivity index is 1.99. The molecule has 0 radical (unpaired) electrons. The Kier molecular flexibility index (Phi) is 6.06. The highest BCUT2D eigenvalue weighted by Gasteiger charge is 2.66. The molecule has 0 spiro atoms. The lowest BCUT2D eigenvalue weighted by molar-refractivity contribution is -0.196. The van der Waals surface area contributed by atoms with Gasteiger partial charge in [-0.25, -0.2) is 4.99 Å². The first-order chi connectivity index (χ1) is 15.1. The number of aliphatic imine (C=N–C) groups is 1. The van der Waals surface area contributed by atoms with Crippen LogP contribution in [-0.4, -0.2) is 55.7 Å². The minimum absolute atomic E-state index is 0.0509. The SMILES string of the molecule is COc1cc(C(=O)NC2(C(F)(F)F)N=C(C)N(Cc3ccco3)C2=O)cc(OC)c1OC. The lowest BCUT2D eigenvalue weighted by Gasteiger charge is -2.29. The van der Waals surface area contributed by atoms with Gasteiger partial charge in [-0.05, 0) is 31.2 Å². The van der Waals surface area contributed by atoms with Gasteiger partial charge in [0, 0.05) is 5.56 Å². The van der Waals surface area contributed by atoms with Crippen molar-refractivity contribution in [2.45, 2.75) is 25.3 Å². The Morgan fingerprint density at radius 2 is 1.81 bits per heavy atom. The van der Waals surface area contributed by atoms with Gasteiger partial charge in [0.1, 0.15) is 11.6 Å². The van der Waals surface area contributed by atoms with Crippen LogP contribution in [0.25, 0.3) is 0 Å². The molecule has 2 amide bonds. The predicted molar refractivity (Wildman–Crippen MR) is 105 cm³/mol. The molecule has 1 atom stereocenters. The van der Waals surface area contributed by atoms with Gasteiger partial charge in [0.2, 0.25) is 5.75 Å². The van der Waals surface area contributed by atoms with Gasteiger partial charge in [0.25, 0.3) is 11.8 Å². The van der Waals surface area contributed by atoms with E-state index in [0.717, 1.165) is 17.0 Å². The quantitative estimate of drug-likeness (QED) is 0.689. The largest absolute Gasteiger partial charge is 0.493 e. The zero-order valence-corrected chi connectivity index (χ0v) is 17.6. The summed E-state index contributed by atoms with van der Waals surface area (Å²) in [6, 6.07) is 5.36. The second-order valence-corrected chi connectivity index (χ2v) is 6.71.